The van der Waals surface area contributed by atoms with E-state index < -0.39 is 0 Å². The second kappa shape index (κ2) is 4.73. The standard InChI is InChI=1S/C17H16O5/c1-19-10-6-14(20-2)16-12-8-21-13-5-9(18)3-4-11(13)17(12)22-15(16)7-10/h3-7,12,17-18H,8H2,1-2H3. The van der Waals surface area contributed by atoms with Crippen molar-refractivity contribution in [3.63, 3.8) is 0 Å². The minimum atomic E-state index is -0.139. The van der Waals surface area contributed by atoms with E-state index in [1.54, 1.807) is 26.4 Å². The summed E-state index contributed by atoms with van der Waals surface area (Å²) in [4.78, 5) is 0. The van der Waals surface area contributed by atoms with Crippen LogP contribution >= 0.6 is 0 Å². The number of methoxy groups -OCH3 is 2. The number of rotatable bonds is 2. The molecule has 0 saturated heterocycles. The number of fused-ring (bicyclic) bond motifs is 5. The first-order valence-corrected chi connectivity index (χ1v) is 7.09. The molecule has 1 N–H and O–H groups in total. The van der Waals surface area contributed by atoms with E-state index in [9.17, 15) is 5.11 Å². The third-order valence-electron chi connectivity index (χ3n) is 4.25. The van der Waals surface area contributed by atoms with E-state index >= 15 is 0 Å². The SMILES string of the molecule is COc1cc(OC)c2c(c1)OC1c3ccc(O)cc3OCC21. The van der Waals surface area contributed by atoms with E-state index in [1.165, 1.54) is 0 Å². The maximum atomic E-state index is 9.60. The molecule has 4 rings (SSSR count). The fourth-order valence-electron chi connectivity index (χ4n) is 3.21. The van der Waals surface area contributed by atoms with Gasteiger partial charge in [0.1, 0.15) is 34.9 Å². The first-order chi connectivity index (χ1) is 10.7. The molecule has 0 fully saturated rings. The number of phenolic OH excluding ortho intramolecular Hbond substituents is 1. The summed E-state index contributed by atoms with van der Waals surface area (Å²) in [6.07, 6.45) is -0.139. The van der Waals surface area contributed by atoms with Crippen molar-refractivity contribution in [1.29, 1.82) is 0 Å². The van der Waals surface area contributed by atoms with Gasteiger partial charge in [0, 0.05) is 29.3 Å². The van der Waals surface area contributed by atoms with Crippen LogP contribution in [0.4, 0.5) is 0 Å². The van der Waals surface area contributed by atoms with Gasteiger partial charge in [0.25, 0.3) is 0 Å². The zero-order valence-electron chi connectivity index (χ0n) is 12.3. The summed E-state index contributed by atoms with van der Waals surface area (Å²) in [5.41, 5.74) is 1.94. The van der Waals surface area contributed by atoms with Gasteiger partial charge in [-0.1, -0.05) is 0 Å². The Kier molecular flexibility index (Phi) is 2.82. The number of hydrogen-bond donors (Lipinski definition) is 1. The van der Waals surface area contributed by atoms with Gasteiger partial charge in [0.05, 0.1) is 26.7 Å². The Morgan fingerprint density at radius 3 is 2.73 bits per heavy atom. The number of phenols is 1. The second-order valence-corrected chi connectivity index (χ2v) is 5.42. The van der Waals surface area contributed by atoms with Gasteiger partial charge < -0.3 is 24.1 Å². The molecule has 5 nitrogen and oxygen atoms in total. The third kappa shape index (κ3) is 1.78. The second-order valence-electron chi connectivity index (χ2n) is 5.42. The lowest BCUT2D eigenvalue weighted by atomic mass is 9.89. The van der Waals surface area contributed by atoms with Crippen molar-refractivity contribution in [2.24, 2.45) is 0 Å². The van der Waals surface area contributed by atoms with Gasteiger partial charge in [-0.3, -0.25) is 0 Å². The zero-order valence-corrected chi connectivity index (χ0v) is 12.3. The highest BCUT2D eigenvalue weighted by atomic mass is 16.5. The average Bonchev–Trinajstić information content (AvgIpc) is 2.92. The van der Waals surface area contributed by atoms with Crippen molar-refractivity contribution in [3.8, 4) is 28.7 Å². The monoisotopic (exact) mass is 300 g/mol. The van der Waals surface area contributed by atoms with E-state index in [1.807, 2.05) is 18.2 Å². The molecule has 2 heterocycles. The molecule has 5 heteroatoms. The van der Waals surface area contributed by atoms with E-state index in [4.69, 9.17) is 18.9 Å². The number of hydrogen-bond acceptors (Lipinski definition) is 5. The molecule has 0 bridgehead atoms. The Bertz CT molecular complexity index is 740. The van der Waals surface area contributed by atoms with Gasteiger partial charge in [0.2, 0.25) is 0 Å². The van der Waals surface area contributed by atoms with Crippen LogP contribution < -0.4 is 18.9 Å². The molecule has 2 aliphatic heterocycles. The summed E-state index contributed by atoms with van der Waals surface area (Å²) in [5.74, 6) is 3.12. The first kappa shape index (κ1) is 13.1. The lowest BCUT2D eigenvalue weighted by Crippen LogP contribution is -2.23. The van der Waals surface area contributed by atoms with Gasteiger partial charge in [-0.05, 0) is 12.1 Å². The van der Waals surface area contributed by atoms with Crippen molar-refractivity contribution in [3.05, 3.63) is 41.5 Å². The molecular weight excluding hydrogens is 284 g/mol. The predicted molar refractivity (Wildman–Crippen MR) is 79.3 cm³/mol. The van der Waals surface area contributed by atoms with E-state index in [0.29, 0.717) is 18.1 Å². The molecule has 0 saturated carbocycles. The van der Waals surface area contributed by atoms with Crippen molar-refractivity contribution in [2.75, 3.05) is 20.8 Å². The topological polar surface area (TPSA) is 57.2 Å². The molecule has 0 spiro atoms. The highest BCUT2D eigenvalue weighted by molar-refractivity contribution is 5.58. The molecule has 0 radical (unpaired) electrons. The summed E-state index contributed by atoms with van der Waals surface area (Å²) in [5, 5.41) is 9.60. The van der Waals surface area contributed by atoms with Crippen molar-refractivity contribution < 1.29 is 24.1 Å². The van der Waals surface area contributed by atoms with Crippen LogP contribution in [0.3, 0.4) is 0 Å². The fourth-order valence-corrected chi connectivity index (χ4v) is 3.21. The summed E-state index contributed by atoms with van der Waals surface area (Å²) in [7, 11) is 3.25. The molecule has 2 unspecified atom stereocenters. The van der Waals surface area contributed by atoms with Gasteiger partial charge in [-0.25, -0.2) is 0 Å². The molecule has 0 aromatic heterocycles. The van der Waals surface area contributed by atoms with Gasteiger partial charge in [0.15, 0.2) is 0 Å². The molecule has 22 heavy (non-hydrogen) atoms. The van der Waals surface area contributed by atoms with E-state index in [-0.39, 0.29) is 17.8 Å². The van der Waals surface area contributed by atoms with Crippen molar-refractivity contribution in [1.82, 2.24) is 0 Å². The molecular formula is C17H16O5. The smallest absolute Gasteiger partial charge is 0.138 e. The lowest BCUT2D eigenvalue weighted by molar-refractivity contribution is 0.138. The number of benzene rings is 2. The quantitative estimate of drug-likeness (QED) is 0.924. The molecule has 0 aliphatic carbocycles. The van der Waals surface area contributed by atoms with Gasteiger partial charge in [-0.15, -0.1) is 0 Å². The summed E-state index contributed by atoms with van der Waals surface area (Å²) in [6.45, 7) is 0.483. The average molecular weight is 300 g/mol. The van der Waals surface area contributed by atoms with Crippen molar-refractivity contribution in [2.45, 2.75) is 12.0 Å². The molecule has 0 amide bonds. The summed E-state index contributed by atoms with van der Waals surface area (Å²) < 4.78 is 22.7. The fraction of sp³-hybridized carbons (Fsp3) is 0.294. The van der Waals surface area contributed by atoms with Gasteiger partial charge >= 0.3 is 0 Å². The zero-order chi connectivity index (χ0) is 15.3. The first-order valence-electron chi connectivity index (χ1n) is 7.09. The van der Waals surface area contributed by atoms with Crippen LogP contribution in [0.5, 0.6) is 28.7 Å². The Morgan fingerprint density at radius 1 is 1.09 bits per heavy atom. The summed E-state index contributed by atoms with van der Waals surface area (Å²) >= 11 is 0. The molecule has 2 aromatic rings. The molecule has 2 aliphatic rings. The third-order valence-corrected chi connectivity index (χ3v) is 4.25. The van der Waals surface area contributed by atoms with Crippen LogP contribution in [-0.4, -0.2) is 25.9 Å². The largest absolute Gasteiger partial charge is 0.508 e. The van der Waals surface area contributed by atoms with Crippen LogP contribution in [0.1, 0.15) is 23.1 Å². The molecule has 2 aromatic carbocycles. The molecule has 2 atom stereocenters. The highest BCUT2D eigenvalue weighted by Crippen LogP contribution is 2.55. The highest BCUT2D eigenvalue weighted by Gasteiger charge is 2.43. The molecule has 114 valence electrons. The van der Waals surface area contributed by atoms with Crippen molar-refractivity contribution >= 4 is 0 Å². The van der Waals surface area contributed by atoms with Gasteiger partial charge in [-0.2, -0.15) is 0 Å². The Morgan fingerprint density at radius 2 is 1.95 bits per heavy atom. The number of ether oxygens (including phenoxy) is 4. The van der Waals surface area contributed by atoms with Crippen LogP contribution in [0.25, 0.3) is 0 Å². The Labute approximate surface area is 128 Å². The van der Waals surface area contributed by atoms with Crippen LogP contribution in [-0.2, 0) is 0 Å². The minimum Gasteiger partial charge on any atom is -0.508 e. The van der Waals surface area contributed by atoms with E-state index in [0.717, 1.165) is 22.6 Å². The Hall–Kier alpha value is -2.56. The predicted octanol–water partition coefficient (Wildman–Crippen LogP) is 3.02. The van der Waals surface area contributed by atoms with Crippen LogP contribution in [0.2, 0.25) is 0 Å². The summed E-state index contributed by atoms with van der Waals surface area (Å²) in [6, 6.07) is 8.84. The van der Waals surface area contributed by atoms with Crippen LogP contribution in [0.15, 0.2) is 30.3 Å². The maximum Gasteiger partial charge on any atom is 0.138 e. The minimum absolute atomic E-state index is 0.0629. The maximum absolute atomic E-state index is 9.60. The van der Waals surface area contributed by atoms with E-state index in [2.05, 4.69) is 0 Å². The van der Waals surface area contributed by atoms with Crippen LogP contribution in [0, 0.1) is 0 Å². The normalized spacial score (nSPS) is 21.0. The lowest BCUT2D eigenvalue weighted by Gasteiger charge is -2.28. The number of aromatic hydroxyl groups is 1. The Balaban J connectivity index is 1.82.